The Morgan fingerprint density at radius 3 is 2.24 bits per heavy atom. The summed E-state index contributed by atoms with van der Waals surface area (Å²) in [5.41, 5.74) is 4.95. The molecular weight excluding hydrogens is 345 g/mol. The molecule has 0 fully saturated rings. The van der Waals surface area contributed by atoms with E-state index in [0.717, 1.165) is 6.07 Å². The molecule has 2 aromatic rings. The highest BCUT2D eigenvalue weighted by molar-refractivity contribution is 7.92. The van der Waals surface area contributed by atoms with Crippen LogP contribution in [0.15, 0.2) is 35.2 Å². The van der Waals surface area contributed by atoms with E-state index in [1.807, 2.05) is 4.72 Å². The van der Waals surface area contributed by atoms with Crippen molar-refractivity contribution in [3.8, 4) is 0 Å². The molecular formula is C12H8Cl2F2N2O2S. The molecule has 0 atom stereocenters. The standard InChI is InChI=1S/C12H8Cl2F2N2O2S/c13-7-2-1-3-8(14)12(7)18-21(19,20)10-5-6(17)4-9(15)11(10)16/h1-5,18H,17H2. The number of anilines is 2. The van der Waals surface area contributed by atoms with Crippen LogP contribution in [0.2, 0.25) is 10.0 Å². The first-order valence-corrected chi connectivity index (χ1v) is 7.67. The first-order valence-electron chi connectivity index (χ1n) is 5.43. The first kappa shape index (κ1) is 15.8. The number of sulfonamides is 1. The van der Waals surface area contributed by atoms with E-state index in [9.17, 15) is 17.2 Å². The molecule has 0 saturated carbocycles. The van der Waals surface area contributed by atoms with Crippen LogP contribution in [0.1, 0.15) is 0 Å². The number of nitrogen functional groups attached to an aromatic ring is 1. The number of nitrogens with one attached hydrogen (secondary N) is 1. The van der Waals surface area contributed by atoms with Gasteiger partial charge in [-0.3, -0.25) is 4.72 Å². The lowest BCUT2D eigenvalue weighted by Gasteiger charge is -2.12. The van der Waals surface area contributed by atoms with Crippen LogP contribution in [-0.2, 0) is 10.0 Å². The summed E-state index contributed by atoms with van der Waals surface area (Å²) in [6.07, 6.45) is 0. The van der Waals surface area contributed by atoms with E-state index in [2.05, 4.69) is 0 Å². The molecule has 0 spiro atoms. The van der Waals surface area contributed by atoms with Crippen molar-refractivity contribution in [1.29, 1.82) is 0 Å². The zero-order valence-electron chi connectivity index (χ0n) is 10.2. The third kappa shape index (κ3) is 3.20. The van der Waals surface area contributed by atoms with E-state index in [0.29, 0.717) is 6.07 Å². The number of hydrogen-bond acceptors (Lipinski definition) is 3. The van der Waals surface area contributed by atoms with Gasteiger partial charge in [-0.15, -0.1) is 0 Å². The summed E-state index contributed by atoms with van der Waals surface area (Å²) < 4.78 is 53.2. The van der Waals surface area contributed by atoms with Crippen LogP contribution in [0.25, 0.3) is 0 Å². The van der Waals surface area contributed by atoms with Crippen molar-refractivity contribution in [1.82, 2.24) is 0 Å². The Balaban J connectivity index is 2.54. The quantitative estimate of drug-likeness (QED) is 0.828. The largest absolute Gasteiger partial charge is 0.399 e. The Labute approximate surface area is 129 Å². The van der Waals surface area contributed by atoms with Crippen molar-refractivity contribution in [2.75, 3.05) is 10.5 Å². The molecule has 9 heteroatoms. The molecule has 0 heterocycles. The van der Waals surface area contributed by atoms with Crippen molar-refractivity contribution in [2.24, 2.45) is 0 Å². The molecule has 3 N–H and O–H groups in total. The summed E-state index contributed by atoms with van der Waals surface area (Å²) in [6.45, 7) is 0. The number of rotatable bonds is 3. The predicted molar refractivity (Wildman–Crippen MR) is 78.0 cm³/mol. The Hall–Kier alpha value is -1.57. The molecule has 0 bridgehead atoms. The van der Waals surface area contributed by atoms with Crippen LogP contribution in [0.3, 0.4) is 0 Å². The minimum atomic E-state index is -4.45. The second-order valence-electron chi connectivity index (χ2n) is 4.02. The fourth-order valence-electron chi connectivity index (χ4n) is 1.56. The second kappa shape index (κ2) is 5.67. The average Bonchev–Trinajstić information content (AvgIpc) is 2.38. The van der Waals surface area contributed by atoms with Gasteiger partial charge in [-0.1, -0.05) is 29.3 Å². The number of nitrogens with two attached hydrogens (primary N) is 1. The van der Waals surface area contributed by atoms with E-state index in [-0.39, 0.29) is 21.4 Å². The molecule has 0 aliphatic rings. The molecule has 0 aromatic heterocycles. The summed E-state index contributed by atoms with van der Waals surface area (Å²) in [6, 6.07) is 5.76. The van der Waals surface area contributed by atoms with Gasteiger partial charge in [-0.25, -0.2) is 17.2 Å². The van der Waals surface area contributed by atoms with Gasteiger partial charge in [-0.05, 0) is 24.3 Å². The number of hydrogen-bond donors (Lipinski definition) is 2. The van der Waals surface area contributed by atoms with Gasteiger partial charge in [-0.2, -0.15) is 0 Å². The molecule has 21 heavy (non-hydrogen) atoms. The molecule has 2 rings (SSSR count). The van der Waals surface area contributed by atoms with Crippen LogP contribution in [0.4, 0.5) is 20.2 Å². The number of para-hydroxylation sites is 1. The molecule has 0 radical (unpaired) electrons. The lowest BCUT2D eigenvalue weighted by Crippen LogP contribution is -2.16. The summed E-state index contributed by atoms with van der Waals surface area (Å²) in [4.78, 5) is -0.934. The summed E-state index contributed by atoms with van der Waals surface area (Å²) >= 11 is 11.6. The van der Waals surface area contributed by atoms with Gasteiger partial charge in [0.15, 0.2) is 11.6 Å². The molecule has 112 valence electrons. The maximum absolute atomic E-state index is 13.7. The van der Waals surface area contributed by atoms with Gasteiger partial charge in [0.05, 0.1) is 15.7 Å². The third-order valence-corrected chi connectivity index (χ3v) is 4.48. The van der Waals surface area contributed by atoms with Gasteiger partial charge < -0.3 is 5.73 Å². The summed E-state index contributed by atoms with van der Waals surface area (Å²) in [5.74, 6) is -2.92. The molecule has 2 aromatic carbocycles. The van der Waals surface area contributed by atoms with Gasteiger partial charge in [0.25, 0.3) is 10.0 Å². The van der Waals surface area contributed by atoms with Crippen LogP contribution in [-0.4, -0.2) is 8.42 Å². The zero-order chi connectivity index (χ0) is 15.8. The summed E-state index contributed by atoms with van der Waals surface area (Å²) in [7, 11) is -4.45. The van der Waals surface area contributed by atoms with Gasteiger partial charge in [0, 0.05) is 5.69 Å². The second-order valence-corrected chi connectivity index (χ2v) is 6.48. The number of benzene rings is 2. The Bertz CT molecular complexity index is 793. The SMILES string of the molecule is Nc1cc(F)c(F)c(S(=O)(=O)Nc2c(Cl)cccc2Cl)c1. The highest BCUT2D eigenvalue weighted by Crippen LogP contribution is 2.32. The highest BCUT2D eigenvalue weighted by Gasteiger charge is 2.24. The third-order valence-electron chi connectivity index (χ3n) is 2.51. The lowest BCUT2D eigenvalue weighted by atomic mass is 10.3. The molecule has 0 amide bonds. The van der Waals surface area contributed by atoms with E-state index >= 15 is 0 Å². The predicted octanol–water partition coefficient (Wildman–Crippen LogP) is 3.65. The van der Waals surface area contributed by atoms with E-state index in [1.54, 1.807) is 0 Å². The zero-order valence-corrected chi connectivity index (χ0v) is 12.5. The average molecular weight is 353 g/mol. The number of halogens is 4. The van der Waals surface area contributed by atoms with Gasteiger partial charge >= 0.3 is 0 Å². The summed E-state index contributed by atoms with van der Waals surface area (Å²) in [5, 5.41) is 0.0201. The van der Waals surface area contributed by atoms with E-state index in [1.165, 1.54) is 18.2 Å². The molecule has 0 unspecified atom stereocenters. The van der Waals surface area contributed by atoms with Crippen molar-refractivity contribution < 1.29 is 17.2 Å². The lowest BCUT2D eigenvalue weighted by molar-refractivity contribution is 0.486. The fourth-order valence-corrected chi connectivity index (χ4v) is 3.39. The smallest absolute Gasteiger partial charge is 0.265 e. The fraction of sp³-hybridized carbons (Fsp3) is 0. The van der Waals surface area contributed by atoms with Gasteiger partial charge in [0.2, 0.25) is 0 Å². The van der Waals surface area contributed by atoms with Crippen LogP contribution >= 0.6 is 23.2 Å². The van der Waals surface area contributed by atoms with Crippen LogP contribution in [0.5, 0.6) is 0 Å². The molecule has 0 aliphatic carbocycles. The molecule has 4 nitrogen and oxygen atoms in total. The van der Waals surface area contributed by atoms with Crippen molar-refractivity contribution in [3.05, 3.63) is 52.0 Å². The van der Waals surface area contributed by atoms with Crippen LogP contribution in [0, 0.1) is 11.6 Å². The molecule has 0 aliphatic heterocycles. The highest BCUT2D eigenvalue weighted by atomic mass is 35.5. The van der Waals surface area contributed by atoms with E-state index in [4.69, 9.17) is 28.9 Å². The van der Waals surface area contributed by atoms with Crippen molar-refractivity contribution in [2.45, 2.75) is 4.90 Å². The Kier molecular flexibility index (Phi) is 4.27. The molecule has 0 saturated heterocycles. The maximum Gasteiger partial charge on any atom is 0.265 e. The minimum Gasteiger partial charge on any atom is -0.399 e. The first-order chi connectivity index (χ1) is 9.72. The van der Waals surface area contributed by atoms with Crippen molar-refractivity contribution in [3.63, 3.8) is 0 Å². The minimum absolute atomic E-state index is 0.0101. The monoisotopic (exact) mass is 352 g/mol. The Morgan fingerprint density at radius 1 is 1.10 bits per heavy atom. The van der Waals surface area contributed by atoms with Crippen molar-refractivity contribution >= 4 is 44.6 Å². The normalized spacial score (nSPS) is 11.4. The Morgan fingerprint density at radius 2 is 1.67 bits per heavy atom. The van der Waals surface area contributed by atoms with Crippen LogP contribution < -0.4 is 10.5 Å². The van der Waals surface area contributed by atoms with E-state index < -0.39 is 26.6 Å². The van der Waals surface area contributed by atoms with Gasteiger partial charge in [0.1, 0.15) is 4.90 Å². The topological polar surface area (TPSA) is 72.2 Å². The maximum atomic E-state index is 13.7.